The average molecular weight is 269 g/mol. The third-order valence-corrected chi connectivity index (χ3v) is 2.83. The molecule has 0 aliphatic heterocycles. The van der Waals surface area contributed by atoms with E-state index in [1.54, 1.807) is 24.4 Å². The van der Waals surface area contributed by atoms with Gasteiger partial charge in [0.25, 0.3) is 5.91 Å². The molecule has 0 aliphatic carbocycles. The van der Waals surface area contributed by atoms with E-state index in [1.165, 1.54) is 0 Å². The Bertz CT molecular complexity index is 523. The van der Waals surface area contributed by atoms with E-state index in [2.05, 4.69) is 10.3 Å². The summed E-state index contributed by atoms with van der Waals surface area (Å²) in [5.74, 6) is -0.221. The normalized spacial score (nSPS) is 10.2. The standard InChI is InChI=1S/C12H10Cl2N2O/c13-8-3-4-10(11(14)6-8)12(17)16-7-9-2-1-5-15-9/h1-6,15H,7H2,(H,16,17). The van der Waals surface area contributed by atoms with E-state index in [1.807, 2.05) is 12.1 Å². The SMILES string of the molecule is O=C(NCc1ccc[nH]1)c1ccc(Cl)cc1Cl. The number of carbonyl (C=O) groups is 1. The minimum absolute atomic E-state index is 0.221. The number of carbonyl (C=O) groups excluding carboxylic acids is 1. The maximum atomic E-state index is 11.8. The van der Waals surface area contributed by atoms with Gasteiger partial charge in [-0.3, -0.25) is 4.79 Å². The van der Waals surface area contributed by atoms with E-state index in [0.717, 1.165) is 5.69 Å². The van der Waals surface area contributed by atoms with Crippen molar-refractivity contribution < 1.29 is 4.79 Å². The molecule has 0 saturated heterocycles. The van der Waals surface area contributed by atoms with E-state index in [4.69, 9.17) is 23.2 Å². The van der Waals surface area contributed by atoms with Crippen LogP contribution in [0, 0.1) is 0 Å². The van der Waals surface area contributed by atoms with Gasteiger partial charge < -0.3 is 10.3 Å². The predicted octanol–water partition coefficient (Wildman–Crippen LogP) is 3.25. The topological polar surface area (TPSA) is 44.9 Å². The molecule has 0 saturated carbocycles. The molecule has 0 radical (unpaired) electrons. The number of rotatable bonds is 3. The first-order valence-corrected chi connectivity index (χ1v) is 5.78. The van der Waals surface area contributed by atoms with Crippen LogP contribution >= 0.6 is 23.2 Å². The fourth-order valence-electron chi connectivity index (χ4n) is 1.42. The first kappa shape index (κ1) is 12.0. The second kappa shape index (κ2) is 5.25. The summed E-state index contributed by atoms with van der Waals surface area (Å²) in [6.45, 7) is 0.435. The van der Waals surface area contributed by atoms with Gasteiger partial charge in [-0.2, -0.15) is 0 Å². The highest BCUT2D eigenvalue weighted by Gasteiger charge is 2.10. The minimum Gasteiger partial charge on any atom is -0.364 e. The van der Waals surface area contributed by atoms with Crippen molar-refractivity contribution in [2.24, 2.45) is 0 Å². The number of benzene rings is 1. The van der Waals surface area contributed by atoms with Gasteiger partial charge >= 0.3 is 0 Å². The Kier molecular flexibility index (Phi) is 3.71. The van der Waals surface area contributed by atoms with Crippen molar-refractivity contribution in [2.45, 2.75) is 6.54 Å². The van der Waals surface area contributed by atoms with Gasteiger partial charge in [0.05, 0.1) is 17.1 Å². The molecule has 0 bridgehead atoms. The molecule has 3 nitrogen and oxygen atoms in total. The zero-order chi connectivity index (χ0) is 12.3. The molecule has 2 rings (SSSR count). The molecule has 2 aromatic rings. The van der Waals surface area contributed by atoms with Crippen LogP contribution in [0.2, 0.25) is 10.0 Å². The lowest BCUT2D eigenvalue weighted by molar-refractivity contribution is 0.0950. The first-order chi connectivity index (χ1) is 8.16. The summed E-state index contributed by atoms with van der Waals surface area (Å²) in [5.41, 5.74) is 1.35. The van der Waals surface area contributed by atoms with Crippen LogP contribution in [0.25, 0.3) is 0 Å². The molecule has 1 amide bonds. The van der Waals surface area contributed by atoms with Crippen LogP contribution in [0.4, 0.5) is 0 Å². The van der Waals surface area contributed by atoms with Gasteiger partial charge in [0.1, 0.15) is 0 Å². The Morgan fingerprint density at radius 2 is 2.12 bits per heavy atom. The predicted molar refractivity (Wildman–Crippen MR) is 68.4 cm³/mol. The Balaban J connectivity index is 2.04. The van der Waals surface area contributed by atoms with Crippen molar-refractivity contribution in [2.75, 3.05) is 0 Å². The number of halogens is 2. The van der Waals surface area contributed by atoms with E-state index in [0.29, 0.717) is 22.2 Å². The van der Waals surface area contributed by atoms with Crippen molar-refractivity contribution >= 4 is 29.1 Å². The van der Waals surface area contributed by atoms with E-state index in [-0.39, 0.29) is 5.91 Å². The molecule has 1 heterocycles. The molecule has 2 N–H and O–H groups in total. The second-order valence-corrected chi connectivity index (χ2v) is 4.35. The van der Waals surface area contributed by atoms with Crippen molar-refractivity contribution in [1.29, 1.82) is 0 Å². The monoisotopic (exact) mass is 268 g/mol. The summed E-state index contributed by atoms with van der Waals surface area (Å²) in [6, 6.07) is 8.55. The number of aromatic nitrogens is 1. The molecule has 1 aromatic heterocycles. The number of hydrogen-bond acceptors (Lipinski definition) is 1. The minimum atomic E-state index is -0.221. The Morgan fingerprint density at radius 3 is 2.76 bits per heavy atom. The van der Waals surface area contributed by atoms with Gasteiger partial charge in [0, 0.05) is 16.9 Å². The lowest BCUT2D eigenvalue weighted by Gasteiger charge is -2.06. The van der Waals surface area contributed by atoms with Gasteiger partial charge in [0.15, 0.2) is 0 Å². The smallest absolute Gasteiger partial charge is 0.253 e. The van der Waals surface area contributed by atoms with Crippen molar-refractivity contribution in [1.82, 2.24) is 10.3 Å². The van der Waals surface area contributed by atoms with E-state index < -0.39 is 0 Å². The summed E-state index contributed by atoms with van der Waals surface area (Å²) >= 11 is 11.7. The molecular weight excluding hydrogens is 259 g/mol. The molecule has 0 fully saturated rings. The van der Waals surface area contributed by atoms with Crippen LogP contribution in [0.1, 0.15) is 16.1 Å². The largest absolute Gasteiger partial charge is 0.364 e. The molecule has 17 heavy (non-hydrogen) atoms. The summed E-state index contributed by atoms with van der Waals surface area (Å²) in [6.07, 6.45) is 1.80. The fourth-order valence-corrected chi connectivity index (χ4v) is 1.92. The van der Waals surface area contributed by atoms with Gasteiger partial charge in [-0.15, -0.1) is 0 Å². The summed E-state index contributed by atoms with van der Waals surface area (Å²) in [4.78, 5) is 14.8. The maximum Gasteiger partial charge on any atom is 0.253 e. The Morgan fingerprint density at radius 1 is 1.29 bits per heavy atom. The Labute approximate surface area is 109 Å². The molecule has 0 unspecified atom stereocenters. The van der Waals surface area contributed by atoms with Gasteiger partial charge in [-0.1, -0.05) is 23.2 Å². The average Bonchev–Trinajstić information content (AvgIpc) is 2.78. The van der Waals surface area contributed by atoms with Crippen LogP contribution in [-0.2, 0) is 6.54 Å². The molecule has 0 aliphatic rings. The van der Waals surface area contributed by atoms with Gasteiger partial charge in [-0.25, -0.2) is 0 Å². The number of hydrogen-bond donors (Lipinski definition) is 2. The first-order valence-electron chi connectivity index (χ1n) is 5.02. The van der Waals surface area contributed by atoms with E-state index >= 15 is 0 Å². The Hall–Kier alpha value is -1.45. The molecule has 1 aromatic carbocycles. The lowest BCUT2D eigenvalue weighted by atomic mass is 10.2. The van der Waals surface area contributed by atoms with Crippen LogP contribution in [0.3, 0.4) is 0 Å². The van der Waals surface area contributed by atoms with E-state index in [9.17, 15) is 4.79 Å². The number of amides is 1. The van der Waals surface area contributed by atoms with Crippen LogP contribution in [-0.4, -0.2) is 10.9 Å². The summed E-state index contributed by atoms with van der Waals surface area (Å²) in [5, 5.41) is 3.62. The quantitative estimate of drug-likeness (QED) is 0.882. The summed E-state index contributed by atoms with van der Waals surface area (Å²) in [7, 11) is 0. The summed E-state index contributed by atoms with van der Waals surface area (Å²) < 4.78 is 0. The van der Waals surface area contributed by atoms with Crippen LogP contribution in [0.15, 0.2) is 36.5 Å². The van der Waals surface area contributed by atoms with Crippen LogP contribution < -0.4 is 5.32 Å². The van der Waals surface area contributed by atoms with Gasteiger partial charge in [-0.05, 0) is 30.3 Å². The highest BCUT2D eigenvalue weighted by Crippen LogP contribution is 2.20. The third kappa shape index (κ3) is 3.02. The van der Waals surface area contributed by atoms with Crippen molar-refractivity contribution in [3.63, 3.8) is 0 Å². The number of H-pyrrole nitrogens is 1. The van der Waals surface area contributed by atoms with Crippen molar-refractivity contribution in [3.05, 3.63) is 57.8 Å². The number of aromatic amines is 1. The maximum absolute atomic E-state index is 11.8. The molecule has 0 atom stereocenters. The van der Waals surface area contributed by atoms with Crippen LogP contribution in [0.5, 0.6) is 0 Å². The fraction of sp³-hybridized carbons (Fsp3) is 0.0833. The third-order valence-electron chi connectivity index (χ3n) is 2.28. The lowest BCUT2D eigenvalue weighted by Crippen LogP contribution is -2.23. The molecular formula is C12H10Cl2N2O. The zero-order valence-corrected chi connectivity index (χ0v) is 10.3. The molecule has 88 valence electrons. The highest BCUT2D eigenvalue weighted by molar-refractivity contribution is 6.36. The molecule has 0 spiro atoms. The number of nitrogens with one attached hydrogen (secondary N) is 2. The highest BCUT2D eigenvalue weighted by atomic mass is 35.5. The molecule has 5 heteroatoms. The zero-order valence-electron chi connectivity index (χ0n) is 8.84. The van der Waals surface area contributed by atoms with Crippen molar-refractivity contribution in [3.8, 4) is 0 Å². The second-order valence-electron chi connectivity index (χ2n) is 3.50. The van der Waals surface area contributed by atoms with Gasteiger partial charge in [0.2, 0.25) is 0 Å².